The maximum atomic E-state index is 5.96. The molecule has 80 valence electrons. The van der Waals surface area contributed by atoms with Gasteiger partial charge >= 0.3 is 0 Å². The van der Waals surface area contributed by atoms with Crippen molar-refractivity contribution in [2.45, 2.75) is 26.3 Å². The largest absolute Gasteiger partial charge is 0.383 e. The molecule has 0 saturated carbocycles. The number of nitrogens with two attached hydrogens (primary N) is 1. The van der Waals surface area contributed by atoms with Gasteiger partial charge in [-0.15, -0.1) is 0 Å². The van der Waals surface area contributed by atoms with Crippen LogP contribution in [-0.4, -0.2) is 11.4 Å². The Morgan fingerprint density at radius 1 is 1.33 bits per heavy atom. The van der Waals surface area contributed by atoms with E-state index in [1.165, 1.54) is 0 Å². The Morgan fingerprint density at radius 2 is 1.93 bits per heavy atom. The van der Waals surface area contributed by atoms with Gasteiger partial charge in [0.05, 0.1) is 5.54 Å². The summed E-state index contributed by atoms with van der Waals surface area (Å²) >= 11 is 0. The molecule has 1 rings (SSSR count). The van der Waals surface area contributed by atoms with E-state index in [0.717, 1.165) is 11.1 Å². The second-order valence-corrected chi connectivity index (χ2v) is 4.46. The third kappa shape index (κ3) is 3.24. The summed E-state index contributed by atoms with van der Waals surface area (Å²) < 4.78 is 0. The number of nitrogens with zero attached hydrogens (tertiary/aromatic N) is 1. The fourth-order valence-corrected chi connectivity index (χ4v) is 1.33. The average molecular weight is 202 g/mol. The van der Waals surface area contributed by atoms with Crippen molar-refractivity contribution in [1.29, 1.82) is 0 Å². The molecule has 0 heterocycles. The van der Waals surface area contributed by atoms with E-state index >= 15 is 0 Å². The van der Waals surface area contributed by atoms with E-state index in [4.69, 9.17) is 5.73 Å². The highest BCUT2D eigenvalue weighted by atomic mass is 14.9. The minimum atomic E-state index is -0.154. The predicted octanol–water partition coefficient (Wildman–Crippen LogP) is 2.83. The summed E-state index contributed by atoms with van der Waals surface area (Å²) in [5.41, 5.74) is 7.77. The van der Waals surface area contributed by atoms with Gasteiger partial charge in [-0.2, -0.15) is 0 Å². The van der Waals surface area contributed by atoms with Gasteiger partial charge in [-0.25, -0.2) is 0 Å². The van der Waals surface area contributed by atoms with E-state index in [-0.39, 0.29) is 5.54 Å². The van der Waals surface area contributed by atoms with Crippen LogP contribution in [0.2, 0.25) is 0 Å². The maximum Gasteiger partial charge on any atom is 0.126 e. The van der Waals surface area contributed by atoms with Crippen molar-refractivity contribution in [3.05, 3.63) is 42.0 Å². The zero-order chi connectivity index (χ0) is 11.5. The SMILES string of the molecule is C=Cc1ccccc1C(N)=NC(C)(C)C. The smallest absolute Gasteiger partial charge is 0.126 e. The van der Waals surface area contributed by atoms with Crippen LogP contribution in [0, 0.1) is 0 Å². The van der Waals surface area contributed by atoms with Gasteiger partial charge in [0.25, 0.3) is 0 Å². The normalized spacial score (nSPS) is 12.6. The summed E-state index contributed by atoms with van der Waals surface area (Å²) in [6.07, 6.45) is 1.79. The molecule has 0 bridgehead atoms. The van der Waals surface area contributed by atoms with Crippen molar-refractivity contribution < 1.29 is 0 Å². The number of hydrogen-bond acceptors (Lipinski definition) is 1. The molecule has 2 nitrogen and oxygen atoms in total. The van der Waals surface area contributed by atoms with Crippen molar-refractivity contribution in [3.63, 3.8) is 0 Å². The molecule has 15 heavy (non-hydrogen) atoms. The monoisotopic (exact) mass is 202 g/mol. The number of aliphatic imine (C=N–C) groups is 1. The van der Waals surface area contributed by atoms with Gasteiger partial charge in [-0.05, 0) is 26.3 Å². The van der Waals surface area contributed by atoms with Crippen molar-refractivity contribution in [3.8, 4) is 0 Å². The van der Waals surface area contributed by atoms with Crippen LogP contribution in [0.1, 0.15) is 31.9 Å². The Balaban J connectivity index is 3.16. The van der Waals surface area contributed by atoms with E-state index in [1.54, 1.807) is 6.08 Å². The minimum absolute atomic E-state index is 0.154. The Morgan fingerprint density at radius 3 is 2.47 bits per heavy atom. The fraction of sp³-hybridized carbons (Fsp3) is 0.308. The lowest BCUT2D eigenvalue weighted by Gasteiger charge is -2.14. The van der Waals surface area contributed by atoms with Gasteiger partial charge in [-0.1, -0.05) is 36.9 Å². The van der Waals surface area contributed by atoms with Gasteiger partial charge in [0, 0.05) is 5.56 Å². The van der Waals surface area contributed by atoms with Gasteiger partial charge < -0.3 is 5.73 Å². The van der Waals surface area contributed by atoms with Crippen molar-refractivity contribution in [2.75, 3.05) is 0 Å². The Hall–Kier alpha value is -1.57. The first kappa shape index (κ1) is 11.5. The van der Waals surface area contributed by atoms with E-state index in [0.29, 0.717) is 5.84 Å². The lowest BCUT2D eigenvalue weighted by atomic mass is 10.1. The molecule has 0 fully saturated rings. The van der Waals surface area contributed by atoms with Crippen LogP contribution in [0.4, 0.5) is 0 Å². The van der Waals surface area contributed by atoms with Gasteiger partial charge in [0.15, 0.2) is 0 Å². The van der Waals surface area contributed by atoms with Crippen LogP contribution in [-0.2, 0) is 0 Å². The number of hydrogen-bond donors (Lipinski definition) is 1. The molecule has 0 saturated heterocycles. The molecule has 0 aromatic heterocycles. The zero-order valence-electron chi connectivity index (χ0n) is 9.62. The van der Waals surface area contributed by atoms with Crippen molar-refractivity contribution >= 4 is 11.9 Å². The molecule has 2 N–H and O–H groups in total. The third-order valence-electron chi connectivity index (χ3n) is 1.91. The molecule has 0 aliphatic carbocycles. The molecule has 0 spiro atoms. The first-order valence-corrected chi connectivity index (χ1v) is 5.01. The van der Waals surface area contributed by atoms with Crippen LogP contribution < -0.4 is 5.73 Å². The third-order valence-corrected chi connectivity index (χ3v) is 1.91. The maximum absolute atomic E-state index is 5.96. The minimum Gasteiger partial charge on any atom is -0.383 e. The molecule has 1 aromatic rings. The van der Waals surface area contributed by atoms with Crippen LogP contribution in [0.25, 0.3) is 6.08 Å². The highest BCUT2D eigenvalue weighted by molar-refractivity contribution is 6.00. The second-order valence-electron chi connectivity index (χ2n) is 4.46. The van der Waals surface area contributed by atoms with Crippen LogP contribution in [0.3, 0.4) is 0 Å². The quantitative estimate of drug-likeness (QED) is 0.581. The first-order valence-electron chi connectivity index (χ1n) is 5.01. The van der Waals surface area contributed by atoms with Crippen molar-refractivity contribution in [2.24, 2.45) is 10.7 Å². The summed E-state index contributed by atoms with van der Waals surface area (Å²) in [7, 11) is 0. The van der Waals surface area contributed by atoms with E-state index in [9.17, 15) is 0 Å². The summed E-state index contributed by atoms with van der Waals surface area (Å²) in [6.45, 7) is 9.83. The lowest BCUT2D eigenvalue weighted by Crippen LogP contribution is -2.22. The molecule has 1 aromatic carbocycles. The molecular formula is C13H18N2. The topological polar surface area (TPSA) is 38.4 Å². The summed E-state index contributed by atoms with van der Waals surface area (Å²) in [4.78, 5) is 4.43. The van der Waals surface area contributed by atoms with Crippen LogP contribution >= 0.6 is 0 Å². The van der Waals surface area contributed by atoms with Crippen molar-refractivity contribution in [1.82, 2.24) is 0 Å². The Labute approximate surface area is 91.5 Å². The van der Waals surface area contributed by atoms with Gasteiger partial charge in [-0.3, -0.25) is 4.99 Å². The molecule has 0 radical (unpaired) electrons. The summed E-state index contributed by atoms with van der Waals surface area (Å²) in [5, 5.41) is 0. The highest BCUT2D eigenvalue weighted by Gasteiger charge is 2.10. The van der Waals surface area contributed by atoms with E-state index in [2.05, 4.69) is 11.6 Å². The first-order chi connectivity index (χ1) is 6.94. The summed E-state index contributed by atoms with van der Waals surface area (Å²) in [5.74, 6) is 0.568. The summed E-state index contributed by atoms with van der Waals surface area (Å²) in [6, 6.07) is 7.85. The highest BCUT2D eigenvalue weighted by Crippen LogP contribution is 2.13. The average Bonchev–Trinajstić information content (AvgIpc) is 2.15. The lowest BCUT2D eigenvalue weighted by molar-refractivity contribution is 0.583. The number of amidine groups is 1. The fourth-order valence-electron chi connectivity index (χ4n) is 1.33. The number of benzene rings is 1. The van der Waals surface area contributed by atoms with Gasteiger partial charge in [0.2, 0.25) is 0 Å². The standard InChI is InChI=1S/C13H18N2/c1-5-10-8-6-7-9-11(10)12(14)15-13(2,3)4/h5-9H,1H2,2-4H3,(H2,14,15). The number of rotatable bonds is 2. The molecule has 0 unspecified atom stereocenters. The molecule has 2 heteroatoms. The van der Waals surface area contributed by atoms with E-state index < -0.39 is 0 Å². The Kier molecular flexibility index (Phi) is 3.30. The Bertz CT molecular complexity index is 384. The predicted molar refractivity (Wildman–Crippen MR) is 67.0 cm³/mol. The molecular weight excluding hydrogens is 184 g/mol. The molecule has 0 aliphatic rings. The van der Waals surface area contributed by atoms with Crippen LogP contribution in [0.5, 0.6) is 0 Å². The molecule has 0 aliphatic heterocycles. The molecule has 0 atom stereocenters. The van der Waals surface area contributed by atoms with Gasteiger partial charge in [0.1, 0.15) is 5.84 Å². The molecule has 0 amide bonds. The van der Waals surface area contributed by atoms with Crippen LogP contribution in [0.15, 0.2) is 35.8 Å². The second kappa shape index (κ2) is 4.30. The zero-order valence-corrected chi connectivity index (χ0v) is 9.62. The van der Waals surface area contributed by atoms with E-state index in [1.807, 2.05) is 45.0 Å².